The van der Waals surface area contributed by atoms with E-state index in [-0.39, 0.29) is 0 Å². The quantitative estimate of drug-likeness (QED) is 0.532. The molecule has 0 aliphatic heterocycles. The number of hydrogen-bond acceptors (Lipinski definition) is 4. The lowest BCUT2D eigenvalue weighted by Crippen LogP contribution is -2.06. The largest absolute Gasteiger partial charge is 0.355 e. The van der Waals surface area contributed by atoms with Crippen LogP contribution in [0.5, 0.6) is 0 Å². The van der Waals surface area contributed by atoms with Gasteiger partial charge >= 0.3 is 0 Å². The minimum absolute atomic E-state index is 0.526. The Morgan fingerprint density at radius 2 is 2.04 bits per heavy atom. The van der Waals surface area contributed by atoms with Crippen molar-refractivity contribution in [3.63, 3.8) is 0 Å². The van der Waals surface area contributed by atoms with E-state index < -0.39 is 0 Å². The molecule has 0 saturated heterocycles. The molecule has 0 unspecified atom stereocenters. The van der Waals surface area contributed by atoms with E-state index in [9.17, 15) is 0 Å². The van der Waals surface area contributed by atoms with E-state index in [0.717, 1.165) is 58.2 Å². The van der Waals surface area contributed by atoms with Crippen molar-refractivity contribution in [1.82, 2.24) is 19.9 Å². The van der Waals surface area contributed by atoms with Gasteiger partial charge in [-0.25, -0.2) is 9.67 Å². The van der Waals surface area contributed by atoms with Gasteiger partial charge in [0.2, 0.25) is 0 Å². The fourth-order valence-electron chi connectivity index (χ4n) is 3.35. The summed E-state index contributed by atoms with van der Waals surface area (Å²) in [5.74, 6) is 0. The lowest BCUT2D eigenvalue weighted by atomic mass is 9.99. The molecular formula is C17H12Cl2N4O. The van der Waals surface area contributed by atoms with Crippen molar-refractivity contribution in [1.29, 1.82) is 0 Å². The molecule has 0 atom stereocenters. The van der Waals surface area contributed by atoms with E-state index in [2.05, 4.69) is 10.3 Å². The number of benzene rings is 1. The predicted octanol–water partition coefficient (Wildman–Crippen LogP) is 4.42. The van der Waals surface area contributed by atoms with E-state index in [0.29, 0.717) is 16.6 Å². The van der Waals surface area contributed by atoms with E-state index in [1.54, 1.807) is 12.3 Å². The molecular weight excluding hydrogens is 347 g/mol. The van der Waals surface area contributed by atoms with E-state index >= 15 is 0 Å². The van der Waals surface area contributed by atoms with Gasteiger partial charge in [0.05, 0.1) is 34.9 Å². The van der Waals surface area contributed by atoms with Crippen molar-refractivity contribution >= 4 is 45.2 Å². The first-order valence-electron chi connectivity index (χ1n) is 7.77. The lowest BCUT2D eigenvalue weighted by molar-refractivity contribution is 0.447. The highest BCUT2D eigenvalue weighted by Crippen LogP contribution is 2.33. The van der Waals surface area contributed by atoms with Crippen molar-refractivity contribution in [3.8, 4) is 0 Å². The fraction of sp³-hybridized carbons (Fsp3) is 0.235. The van der Waals surface area contributed by atoms with Crippen LogP contribution in [-0.4, -0.2) is 19.9 Å². The fourth-order valence-corrected chi connectivity index (χ4v) is 3.82. The van der Waals surface area contributed by atoms with Crippen molar-refractivity contribution in [2.75, 3.05) is 0 Å². The van der Waals surface area contributed by atoms with Gasteiger partial charge in [0.25, 0.3) is 0 Å². The van der Waals surface area contributed by atoms with Gasteiger partial charge in [0.15, 0.2) is 11.2 Å². The van der Waals surface area contributed by atoms with Crippen LogP contribution >= 0.6 is 23.2 Å². The van der Waals surface area contributed by atoms with Gasteiger partial charge in [-0.15, -0.1) is 0 Å². The third-order valence-electron chi connectivity index (χ3n) is 4.51. The maximum atomic E-state index is 6.29. The zero-order chi connectivity index (χ0) is 16.3. The molecule has 3 aromatic heterocycles. The topological polar surface area (TPSA) is 56.7 Å². The molecule has 1 aromatic carbocycles. The number of pyridine rings is 1. The van der Waals surface area contributed by atoms with Crippen LogP contribution in [0.3, 0.4) is 0 Å². The number of aryl methyl sites for hydroxylation is 2. The standard InChI is InChI=1S/C17H12Cl2N4O/c18-10-5-4-9(12(19)6-10)8-23-17-11(7-20-23)16-15-13(21-17)2-1-3-14(15)22-24-16/h4-7H,1-3,8H2. The van der Waals surface area contributed by atoms with Crippen molar-refractivity contribution in [3.05, 3.63) is 51.4 Å². The maximum absolute atomic E-state index is 6.29. The summed E-state index contributed by atoms with van der Waals surface area (Å²) in [7, 11) is 0. The Morgan fingerprint density at radius 3 is 2.92 bits per heavy atom. The van der Waals surface area contributed by atoms with E-state index in [1.165, 1.54) is 0 Å². The highest BCUT2D eigenvalue weighted by molar-refractivity contribution is 6.35. The smallest absolute Gasteiger partial charge is 0.181 e. The summed E-state index contributed by atoms with van der Waals surface area (Å²) in [4.78, 5) is 4.84. The lowest BCUT2D eigenvalue weighted by Gasteiger charge is -2.10. The monoisotopic (exact) mass is 358 g/mol. The number of fused-ring (bicyclic) bond motifs is 2. The molecule has 7 heteroatoms. The molecule has 0 radical (unpaired) electrons. The zero-order valence-corrected chi connectivity index (χ0v) is 14.1. The Labute approximate surface area is 147 Å². The first kappa shape index (κ1) is 14.3. The van der Waals surface area contributed by atoms with Crippen LogP contribution in [0.25, 0.3) is 22.0 Å². The summed E-state index contributed by atoms with van der Waals surface area (Å²) in [6, 6.07) is 5.47. The van der Waals surface area contributed by atoms with Crippen LogP contribution in [0.15, 0.2) is 28.9 Å². The minimum atomic E-state index is 0.526. The predicted molar refractivity (Wildman–Crippen MR) is 92.7 cm³/mol. The van der Waals surface area contributed by atoms with Crippen LogP contribution in [-0.2, 0) is 19.4 Å². The summed E-state index contributed by atoms with van der Waals surface area (Å²) < 4.78 is 7.43. The molecule has 0 bridgehead atoms. The SMILES string of the molecule is Clc1ccc(Cn2ncc3c4onc5c4c(nc32)CCC5)c(Cl)c1. The molecule has 24 heavy (non-hydrogen) atoms. The Bertz CT molecular complexity index is 1100. The van der Waals surface area contributed by atoms with Gasteiger partial charge in [0.1, 0.15) is 0 Å². The second-order valence-corrected chi connectivity index (χ2v) is 6.86. The first-order valence-corrected chi connectivity index (χ1v) is 8.53. The molecule has 0 N–H and O–H groups in total. The third-order valence-corrected chi connectivity index (χ3v) is 5.10. The van der Waals surface area contributed by atoms with Gasteiger partial charge in [-0.05, 0) is 37.0 Å². The molecule has 0 saturated carbocycles. The number of hydrogen-bond donors (Lipinski definition) is 0. The highest BCUT2D eigenvalue weighted by Gasteiger charge is 2.23. The van der Waals surface area contributed by atoms with Gasteiger partial charge in [-0.2, -0.15) is 5.10 Å². The summed E-state index contributed by atoms with van der Waals surface area (Å²) in [5, 5.41) is 11.9. The number of halogens is 2. The Hall–Kier alpha value is -2.11. The van der Waals surface area contributed by atoms with Crippen LogP contribution in [0.4, 0.5) is 0 Å². The molecule has 5 nitrogen and oxygen atoms in total. The zero-order valence-electron chi connectivity index (χ0n) is 12.6. The molecule has 0 amide bonds. The molecule has 1 aliphatic rings. The number of aromatic nitrogens is 4. The second kappa shape index (κ2) is 5.19. The minimum Gasteiger partial charge on any atom is -0.355 e. The van der Waals surface area contributed by atoms with Crippen LogP contribution < -0.4 is 0 Å². The van der Waals surface area contributed by atoms with E-state index in [1.807, 2.05) is 16.8 Å². The highest BCUT2D eigenvalue weighted by atomic mass is 35.5. The molecule has 0 spiro atoms. The molecule has 1 aliphatic carbocycles. The van der Waals surface area contributed by atoms with Crippen molar-refractivity contribution < 1.29 is 4.52 Å². The molecule has 5 rings (SSSR count). The Balaban J connectivity index is 1.69. The van der Waals surface area contributed by atoms with Gasteiger partial charge in [-0.3, -0.25) is 0 Å². The summed E-state index contributed by atoms with van der Waals surface area (Å²) >= 11 is 12.3. The van der Waals surface area contributed by atoms with Crippen molar-refractivity contribution in [2.45, 2.75) is 25.8 Å². The van der Waals surface area contributed by atoms with Crippen LogP contribution in [0.1, 0.15) is 23.4 Å². The molecule has 0 fully saturated rings. The third kappa shape index (κ3) is 2.05. The number of nitrogens with zero attached hydrogens (tertiary/aromatic N) is 4. The summed E-state index contributed by atoms with van der Waals surface area (Å²) in [5.41, 5.74) is 4.59. The average molecular weight is 359 g/mol. The summed E-state index contributed by atoms with van der Waals surface area (Å²) in [6.07, 6.45) is 4.72. The van der Waals surface area contributed by atoms with Gasteiger partial charge < -0.3 is 4.52 Å². The van der Waals surface area contributed by atoms with Crippen molar-refractivity contribution in [2.24, 2.45) is 0 Å². The summed E-state index contributed by atoms with van der Waals surface area (Å²) in [6.45, 7) is 0.526. The maximum Gasteiger partial charge on any atom is 0.181 e. The number of rotatable bonds is 2. The first-order chi connectivity index (χ1) is 11.7. The molecule has 120 valence electrons. The van der Waals surface area contributed by atoms with Gasteiger partial charge in [0, 0.05) is 10.0 Å². The molecule has 3 heterocycles. The average Bonchev–Trinajstić information content (AvgIpc) is 3.16. The van der Waals surface area contributed by atoms with Crippen LogP contribution in [0, 0.1) is 0 Å². The van der Waals surface area contributed by atoms with E-state index in [4.69, 9.17) is 32.7 Å². The van der Waals surface area contributed by atoms with Gasteiger partial charge in [-0.1, -0.05) is 34.4 Å². The molecule has 4 aromatic rings. The van der Waals surface area contributed by atoms with Crippen LogP contribution in [0.2, 0.25) is 10.0 Å². The Kier molecular flexibility index (Phi) is 3.08. The Morgan fingerprint density at radius 1 is 1.17 bits per heavy atom. The normalized spacial score (nSPS) is 13.9. The second-order valence-electron chi connectivity index (χ2n) is 6.02.